The molecule has 2 fully saturated rings. The van der Waals surface area contributed by atoms with Crippen LogP contribution in [0.15, 0.2) is 48.5 Å². The molecular weight excluding hydrogens is 372 g/mol. The van der Waals surface area contributed by atoms with Crippen molar-refractivity contribution in [2.75, 3.05) is 19.8 Å². The Morgan fingerprint density at radius 3 is 2.66 bits per heavy atom. The highest BCUT2D eigenvalue weighted by Gasteiger charge is 2.38. The molecule has 2 aliphatic heterocycles. The summed E-state index contributed by atoms with van der Waals surface area (Å²) in [6.45, 7) is 0.991. The molecule has 4 unspecified atom stereocenters. The number of ether oxygens (including phenoxy) is 3. The van der Waals surface area contributed by atoms with Crippen LogP contribution in [0, 0.1) is 0 Å². The fourth-order valence-corrected chi connectivity index (χ4v) is 3.98. The van der Waals surface area contributed by atoms with E-state index in [4.69, 9.17) is 19.3 Å². The van der Waals surface area contributed by atoms with Gasteiger partial charge in [0.05, 0.1) is 32.0 Å². The van der Waals surface area contributed by atoms with Gasteiger partial charge in [0.25, 0.3) is 0 Å². The summed E-state index contributed by atoms with van der Waals surface area (Å²) in [7, 11) is 0. The Morgan fingerprint density at radius 2 is 1.93 bits per heavy atom. The largest absolute Gasteiger partial charge is 0.488 e. The maximum atomic E-state index is 10.1. The van der Waals surface area contributed by atoms with Crippen LogP contribution >= 0.6 is 0 Å². The Hall–Kier alpha value is -1.96. The zero-order valence-corrected chi connectivity index (χ0v) is 16.3. The van der Waals surface area contributed by atoms with E-state index in [-0.39, 0.29) is 12.2 Å². The minimum atomic E-state index is -1.07. The van der Waals surface area contributed by atoms with Crippen LogP contribution in [-0.4, -0.2) is 59.6 Å². The fourth-order valence-electron chi connectivity index (χ4n) is 3.98. The van der Waals surface area contributed by atoms with Gasteiger partial charge in [0, 0.05) is 12.8 Å². The van der Waals surface area contributed by atoms with Crippen molar-refractivity contribution in [3.63, 3.8) is 0 Å². The fraction of sp³-hybridized carbons (Fsp3) is 0.478. The van der Waals surface area contributed by atoms with Gasteiger partial charge >= 0.3 is 0 Å². The van der Waals surface area contributed by atoms with Crippen molar-refractivity contribution in [2.45, 2.75) is 49.8 Å². The average molecular weight is 400 g/mol. The molecule has 0 aromatic heterocycles. The second kappa shape index (κ2) is 9.24. The number of aliphatic hydroxyl groups excluding tert-OH is 3. The smallest absolute Gasteiger partial charge is 0.124 e. The summed E-state index contributed by atoms with van der Waals surface area (Å²) in [6, 6.07) is 16.2. The van der Waals surface area contributed by atoms with Crippen LogP contribution < -0.4 is 4.74 Å². The topological polar surface area (TPSA) is 88.4 Å². The lowest BCUT2D eigenvalue weighted by Gasteiger charge is -2.19. The first-order chi connectivity index (χ1) is 14.1. The molecule has 6 heteroatoms. The average Bonchev–Trinajstić information content (AvgIpc) is 3.39. The third kappa shape index (κ3) is 4.97. The second-order valence-corrected chi connectivity index (χ2v) is 7.81. The minimum Gasteiger partial charge on any atom is -0.488 e. The number of aliphatic hydroxyl groups is 3. The van der Waals surface area contributed by atoms with Gasteiger partial charge in [-0.05, 0) is 35.2 Å². The van der Waals surface area contributed by atoms with Crippen LogP contribution in [0.25, 0.3) is 0 Å². The van der Waals surface area contributed by atoms with Gasteiger partial charge in [-0.15, -0.1) is 0 Å². The molecular formula is C23H28O6. The minimum absolute atomic E-state index is 0.146. The number of benzene rings is 2. The highest BCUT2D eigenvalue weighted by molar-refractivity contribution is 5.34. The molecule has 3 N–H and O–H groups in total. The van der Waals surface area contributed by atoms with Gasteiger partial charge in [0.1, 0.15) is 24.1 Å². The van der Waals surface area contributed by atoms with E-state index in [1.165, 1.54) is 5.56 Å². The van der Waals surface area contributed by atoms with Crippen LogP contribution in [0.2, 0.25) is 0 Å². The summed E-state index contributed by atoms with van der Waals surface area (Å²) in [4.78, 5) is 0. The van der Waals surface area contributed by atoms with Crippen molar-refractivity contribution in [3.8, 4) is 5.75 Å². The predicted molar refractivity (Wildman–Crippen MR) is 107 cm³/mol. The van der Waals surface area contributed by atoms with Crippen molar-refractivity contribution < 1.29 is 29.5 Å². The zero-order valence-electron chi connectivity index (χ0n) is 16.3. The normalized spacial score (nSPS) is 27.8. The maximum absolute atomic E-state index is 10.1. The van der Waals surface area contributed by atoms with E-state index in [1.807, 2.05) is 24.3 Å². The molecule has 0 aliphatic carbocycles. The molecule has 2 heterocycles. The first-order valence-electron chi connectivity index (χ1n) is 10.2. The molecule has 0 amide bonds. The van der Waals surface area contributed by atoms with Gasteiger partial charge in [0.15, 0.2) is 0 Å². The number of hydrogen-bond acceptors (Lipinski definition) is 6. The van der Waals surface area contributed by atoms with Crippen molar-refractivity contribution in [1.82, 2.24) is 0 Å². The molecule has 0 spiro atoms. The summed E-state index contributed by atoms with van der Waals surface area (Å²) in [5.74, 6) is 0.861. The first kappa shape index (κ1) is 20.3. The van der Waals surface area contributed by atoms with Gasteiger partial charge in [-0.1, -0.05) is 36.4 Å². The SMILES string of the molecule is OC[C@@H](O)C1OC(c2cccc(Cc3ccc(OC4CCOC4)cc3)c2)CC1O. The standard InChI is InChI=1S/C23H28O6/c24-13-21(26)23-20(25)12-22(29-23)17-3-1-2-16(11-17)10-15-4-6-18(7-5-15)28-19-8-9-27-14-19/h1-7,11,19-26H,8-10,12-14H2/t19?,20?,21-,22?,23?/m1/s1. The number of rotatable bonds is 7. The lowest BCUT2D eigenvalue weighted by atomic mass is 9.98. The van der Waals surface area contributed by atoms with Gasteiger partial charge in [-0.3, -0.25) is 0 Å². The summed E-state index contributed by atoms with van der Waals surface area (Å²) in [5, 5.41) is 29.1. The van der Waals surface area contributed by atoms with Crippen LogP contribution in [0.4, 0.5) is 0 Å². The molecule has 2 aliphatic rings. The van der Waals surface area contributed by atoms with E-state index in [0.717, 1.165) is 36.3 Å². The number of hydrogen-bond donors (Lipinski definition) is 3. The third-order valence-corrected chi connectivity index (χ3v) is 5.57. The van der Waals surface area contributed by atoms with Gasteiger partial charge < -0.3 is 29.5 Å². The summed E-state index contributed by atoms with van der Waals surface area (Å²) >= 11 is 0. The van der Waals surface area contributed by atoms with E-state index in [9.17, 15) is 10.2 Å². The monoisotopic (exact) mass is 400 g/mol. The summed E-state index contributed by atoms with van der Waals surface area (Å²) in [6.07, 6.45) is -0.651. The molecule has 0 bridgehead atoms. The first-order valence-corrected chi connectivity index (χ1v) is 10.2. The Kier molecular flexibility index (Phi) is 6.47. The van der Waals surface area contributed by atoms with E-state index in [2.05, 4.69) is 24.3 Å². The van der Waals surface area contributed by atoms with Gasteiger partial charge in [-0.25, -0.2) is 0 Å². The lowest BCUT2D eigenvalue weighted by molar-refractivity contribution is -0.0820. The molecule has 2 aromatic rings. The molecule has 6 nitrogen and oxygen atoms in total. The Labute approximate surface area is 170 Å². The molecule has 0 saturated carbocycles. The van der Waals surface area contributed by atoms with Crippen molar-refractivity contribution in [1.29, 1.82) is 0 Å². The van der Waals surface area contributed by atoms with Crippen LogP contribution in [0.3, 0.4) is 0 Å². The van der Waals surface area contributed by atoms with Crippen LogP contribution in [0.5, 0.6) is 5.75 Å². The van der Waals surface area contributed by atoms with Crippen LogP contribution in [0.1, 0.15) is 35.6 Å². The molecule has 4 rings (SSSR count). The highest BCUT2D eigenvalue weighted by atomic mass is 16.5. The Balaban J connectivity index is 1.39. The Bertz CT molecular complexity index is 786. The van der Waals surface area contributed by atoms with Crippen LogP contribution in [-0.2, 0) is 15.9 Å². The van der Waals surface area contributed by atoms with Crippen molar-refractivity contribution in [2.24, 2.45) is 0 Å². The Morgan fingerprint density at radius 1 is 1.10 bits per heavy atom. The summed E-state index contributed by atoms with van der Waals surface area (Å²) in [5.41, 5.74) is 3.29. The highest BCUT2D eigenvalue weighted by Crippen LogP contribution is 2.35. The second-order valence-electron chi connectivity index (χ2n) is 7.81. The van der Waals surface area contributed by atoms with Gasteiger partial charge in [-0.2, -0.15) is 0 Å². The molecule has 2 saturated heterocycles. The van der Waals surface area contributed by atoms with Crippen molar-refractivity contribution in [3.05, 3.63) is 65.2 Å². The third-order valence-electron chi connectivity index (χ3n) is 5.57. The molecule has 29 heavy (non-hydrogen) atoms. The molecule has 156 valence electrons. The predicted octanol–water partition coefficient (Wildman–Crippen LogP) is 1.99. The van der Waals surface area contributed by atoms with E-state index >= 15 is 0 Å². The summed E-state index contributed by atoms with van der Waals surface area (Å²) < 4.78 is 17.1. The molecule has 0 radical (unpaired) electrons. The van der Waals surface area contributed by atoms with Crippen molar-refractivity contribution >= 4 is 0 Å². The van der Waals surface area contributed by atoms with E-state index in [1.54, 1.807) is 0 Å². The molecule has 5 atom stereocenters. The maximum Gasteiger partial charge on any atom is 0.124 e. The molecule has 2 aromatic carbocycles. The van der Waals surface area contributed by atoms with E-state index in [0.29, 0.717) is 13.0 Å². The zero-order chi connectivity index (χ0) is 20.2. The quantitative estimate of drug-likeness (QED) is 0.659. The van der Waals surface area contributed by atoms with Gasteiger partial charge in [0.2, 0.25) is 0 Å². The lowest BCUT2D eigenvalue weighted by Crippen LogP contribution is -2.36. The van der Waals surface area contributed by atoms with E-state index < -0.39 is 24.9 Å².